The summed E-state index contributed by atoms with van der Waals surface area (Å²) in [6.45, 7) is 0. The Kier molecular flexibility index (Phi) is 6.62. The normalized spacial score (nSPS) is 9.41. The highest BCUT2D eigenvalue weighted by molar-refractivity contribution is 5.89. The van der Waals surface area contributed by atoms with Gasteiger partial charge >= 0.3 is 0 Å². The number of hydrogen-bond donors (Lipinski definition) is 1. The van der Waals surface area contributed by atoms with Gasteiger partial charge in [0, 0.05) is 26.5 Å². The maximum absolute atomic E-state index is 12.7. The quantitative estimate of drug-likeness (QED) is 0.917. The predicted molar refractivity (Wildman–Crippen MR) is 79.3 cm³/mol. The number of halogens is 1. The number of aromatic nitrogens is 2. The largest absolute Gasteiger partial charge is 0.369 e. The Balaban J connectivity index is 0.000000220. The van der Waals surface area contributed by atoms with Crippen LogP contribution in [-0.4, -0.2) is 40.8 Å². The van der Waals surface area contributed by atoms with Crippen LogP contribution in [0.25, 0.3) is 0 Å². The van der Waals surface area contributed by atoms with Crippen molar-refractivity contribution < 1.29 is 14.0 Å². The Morgan fingerprint density at radius 2 is 1.73 bits per heavy atom. The van der Waals surface area contributed by atoms with Crippen molar-refractivity contribution in [1.29, 1.82) is 0 Å². The van der Waals surface area contributed by atoms with Crippen molar-refractivity contribution in [1.82, 2.24) is 14.9 Å². The summed E-state index contributed by atoms with van der Waals surface area (Å²) in [6, 6.07) is 7.76. The summed E-state index contributed by atoms with van der Waals surface area (Å²) in [4.78, 5) is 30.6. The van der Waals surface area contributed by atoms with Gasteiger partial charge in [0.15, 0.2) is 0 Å². The fourth-order valence-electron chi connectivity index (χ4n) is 1.44. The first-order valence-electron chi connectivity index (χ1n) is 6.42. The lowest BCUT2D eigenvalue weighted by Crippen LogP contribution is -2.23. The van der Waals surface area contributed by atoms with Crippen molar-refractivity contribution in [3.05, 3.63) is 59.9 Å². The van der Waals surface area contributed by atoms with E-state index in [9.17, 15) is 14.0 Å². The minimum absolute atomic E-state index is 0.0350. The first-order valence-corrected chi connectivity index (χ1v) is 6.42. The van der Waals surface area contributed by atoms with Gasteiger partial charge in [-0.3, -0.25) is 9.59 Å². The van der Waals surface area contributed by atoms with E-state index in [1.807, 2.05) is 0 Å². The Morgan fingerprint density at radius 1 is 1.14 bits per heavy atom. The van der Waals surface area contributed by atoms with Crippen LogP contribution in [0, 0.1) is 5.82 Å². The van der Waals surface area contributed by atoms with Crippen molar-refractivity contribution in [3.8, 4) is 0 Å². The minimum atomic E-state index is -0.518. The molecule has 0 aliphatic carbocycles. The number of nitrogens with two attached hydrogens (primary N) is 1. The third kappa shape index (κ3) is 5.66. The molecule has 22 heavy (non-hydrogen) atoms. The molecule has 0 spiro atoms. The molecule has 2 amide bonds. The van der Waals surface area contributed by atoms with Crippen molar-refractivity contribution in [2.24, 2.45) is 5.73 Å². The van der Waals surface area contributed by atoms with Gasteiger partial charge in [0.05, 0.1) is 6.42 Å². The lowest BCUT2D eigenvalue weighted by Gasteiger charge is -2.06. The van der Waals surface area contributed by atoms with Gasteiger partial charge in [-0.25, -0.2) is 14.4 Å². The highest BCUT2D eigenvalue weighted by atomic mass is 19.1. The number of carbonyl (C=O) groups excluding carboxylic acids is 2. The van der Waals surface area contributed by atoms with Crippen LogP contribution < -0.4 is 5.73 Å². The molecular weight excluding hydrogens is 287 g/mol. The van der Waals surface area contributed by atoms with Gasteiger partial charge in [0.25, 0.3) is 5.91 Å². The molecule has 0 unspecified atom stereocenters. The zero-order chi connectivity index (χ0) is 16.5. The minimum Gasteiger partial charge on any atom is -0.369 e. The lowest BCUT2D eigenvalue weighted by atomic mass is 10.1. The van der Waals surface area contributed by atoms with Gasteiger partial charge in [0.2, 0.25) is 11.7 Å². The summed E-state index contributed by atoms with van der Waals surface area (Å²) in [5.74, 6) is -0.843. The Bertz CT molecular complexity index is 632. The van der Waals surface area contributed by atoms with Crippen LogP contribution in [0.2, 0.25) is 0 Å². The van der Waals surface area contributed by atoms with E-state index in [-0.39, 0.29) is 24.0 Å². The highest BCUT2D eigenvalue weighted by Crippen LogP contribution is 2.05. The average molecular weight is 304 g/mol. The first-order chi connectivity index (χ1) is 10.4. The van der Waals surface area contributed by atoms with Gasteiger partial charge < -0.3 is 10.6 Å². The molecule has 2 rings (SSSR count). The van der Waals surface area contributed by atoms with Gasteiger partial charge in [0.1, 0.15) is 5.82 Å². The zero-order valence-corrected chi connectivity index (χ0v) is 12.4. The summed E-state index contributed by atoms with van der Waals surface area (Å²) >= 11 is 0. The molecule has 0 saturated carbocycles. The van der Waals surface area contributed by atoms with Gasteiger partial charge in [-0.05, 0) is 17.7 Å². The van der Waals surface area contributed by atoms with Gasteiger partial charge in [-0.15, -0.1) is 0 Å². The number of nitrogens with zero attached hydrogens (tertiary/aromatic N) is 3. The third-order valence-corrected chi connectivity index (χ3v) is 2.49. The zero-order valence-electron chi connectivity index (χ0n) is 12.4. The van der Waals surface area contributed by atoms with Crippen LogP contribution in [0.5, 0.6) is 0 Å². The predicted octanol–water partition coefficient (Wildman–Crippen LogP) is 1.03. The van der Waals surface area contributed by atoms with Crippen LogP contribution in [0.4, 0.5) is 4.39 Å². The van der Waals surface area contributed by atoms with E-state index in [1.165, 1.54) is 11.0 Å². The number of carbonyl (C=O) groups is 2. The first kappa shape index (κ1) is 17.2. The van der Waals surface area contributed by atoms with Crippen LogP contribution >= 0.6 is 0 Å². The van der Waals surface area contributed by atoms with Crippen LogP contribution in [-0.2, 0) is 11.2 Å². The molecule has 0 bridgehead atoms. The van der Waals surface area contributed by atoms with Gasteiger partial charge in [-0.2, -0.15) is 0 Å². The Hall–Kier alpha value is -2.83. The number of benzene rings is 1. The van der Waals surface area contributed by atoms with Crippen molar-refractivity contribution >= 4 is 11.8 Å². The fraction of sp³-hybridized carbons (Fsp3) is 0.200. The van der Waals surface area contributed by atoms with Crippen molar-refractivity contribution in [2.45, 2.75) is 6.42 Å². The van der Waals surface area contributed by atoms with E-state index in [0.717, 1.165) is 0 Å². The Labute approximate surface area is 127 Å². The molecule has 0 radical (unpaired) electrons. The second-order valence-electron chi connectivity index (χ2n) is 4.51. The highest BCUT2D eigenvalue weighted by Gasteiger charge is 2.08. The molecule has 116 valence electrons. The SMILES string of the molecule is CN(C)C(=O)c1ncccn1.NC(=O)Cc1ccccc1F. The maximum Gasteiger partial charge on any atom is 0.291 e. The summed E-state index contributed by atoms with van der Waals surface area (Å²) in [5.41, 5.74) is 5.23. The molecular formula is C15H17FN4O2. The molecule has 7 heteroatoms. The molecule has 2 N–H and O–H groups in total. The molecule has 0 saturated heterocycles. The van der Waals surface area contributed by atoms with Crippen molar-refractivity contribution in [3.63, 3.8) is 0 Å². The average Bonchev–Trinajstić information content (AvgIpc) is 2.50. The van der Waals surface area contributed by atoms with Gasteiger partial charge in [-0.1, -0.05) is 18.2 Å². The second kappa shape index (κ2) is 8.46. The number of rotatable bonds is 3. The fourth-order valence-corrected chi connectivity index (χ4v) is 1.44. The summed E-state index contributed by atoms with van der Waals surface area (Å²) in [6.07, 6.45) is 3.06. The topological polar surface area (TPSA) is 89.2 Å². The standard InChI is InChI=1S/C8H8FNO.C7H9N3O/c9-7-4-2-1-3-6(7)5-8(10)11;1-10(2)7(11)6-8-4-3-5-9-6/h1-4H,5H2,(H2,10,11);3-5H,1-2H3. The smallest absolute Gasteiger partial charge is 0.291 e. The summed E-state index contributed by atoms with van der Waals surface area (Å²) in [7, 11) is 3.33. The maximum atomic E-state index is 12.7. The van der Waals surface area contributed by atoms with Crippen LogP contribution in [0.1, 0.15) is 16.2 Å². The molecule has 1 aromatic heterocycles. The molecule has 6 nitrogen and oxygen atoms in total. The van der Waals surface area contributed by atoms with E-state index in [1.54, 1.807) is 50.8 Å². The molecule has 2 aromatic rings. The monoisotopic (exact) mass is 304 g/mol. The summed E-state index contributed by atoms with van der Waals surface area (Å²) in [5, 5.41) is 0. The molecule has 0 atom stereocenters. The number of amides is 2. The molecule has 1 aromatic carbocycles. The summed E-state index contributed by atoms with van der Waals surface area (Å²) < 4.78 is 12.7. The molecule has 0 aliphatic rings. The molecule has 0 aliphatic heterocycles. The van der Waals surface area contributed by atoms with Crippen molar-refractivity contribution in [2.75, 3.05) is 14.1 Å². The molecule has 0 fully saturated rings. The van der Waals surface area contributed by atoms with E-state index in [4.69, 9.17) is 5.73 Å². The molecule has 1 heterocycles. The van der Waals surface area contributed by atoms with E-state index in [0.29, 0.717) is 5.56 Å². The van der Waals surface area contributed by atoms with Crippen LogP contribution in [0.3, 0.4) is 0 Å². The van der Waals surface area contributed by atoms with Crippen LogP contribution in [0.15, 0.2) is 42.7 Å². The number of primary amides is 1. The second-order valence-corrected chi connectivity index (χ2v) is 4.51. The van der Waals surface area contributed by atoms with E-state index in [2.05, 4.69) is 9.97 Å². The van der Waals surface area contributed by atoms with E-state index >= 15 is 0 Å². The van der Waals surface area contributed by atoms with E-state index < -0.39 is 5.91 Å². The third-order valence-electron chi connectivity index (χ3n) is 2.49. The number of hydrogen-bond acceptors (Lipinski definition) is 4. The lowest BCUT2D eigenvalue weighted by molar-refractivity contribution is -0.117. The Morgan fingerprint density at radius 3 is 2.23 bits per heavy atom.